The maximum absolute atomic E-state index is 12.5. The number of benzene rings is 1. The summed E-state index contributed by atoms with van der Waals surface area (Å²) in [5.74, 6) is 0.430. The summed E-state index contributed by atoms with van der Waals surface area (Å²) in [6, 6.07) is 8.10. The molecule has 1 heterocycles. The van der Waals surface area contributed by atoms with Crippen LogP contribution in [0.2, 0.25) is 0 Å². The summed E-state index contributed by atoms with van der Waals surface area (Å²) >= 11 is 0. The normalized spacial score (nSPS) is 18.8. The number of para-hydroxylation sites is 1. The third-order valence-corrected chi connectivity index (χ3v) is 4.00. The predicted octanol–water partition coefficient (Wildman–Crippen LogP) is 2.59. The fourth-order valence-corrected chi connectivity index (χ4v) is 2.56. The highest BCUT2D eigenvalue weighted by molar-refractivity contribution is 5.85. The second kappa shape index (κ2) is 7.46. The van der Waals surface area contributed by atoms with Gasteiger partial charge >= 0.3 is 0 Å². The van der Waals surface area contributed by atoms with E-state index in [0.29, 0.717) is 19.1 Å². The molecule has 2 atom stereocenters. The molecule has 0 fully saturated rings. The van der Waals surface area contributed by atoms with Crippen molar-refractivity contribution in [3.8, 4) is 0 Å². The summed E-state index contributed by atoms with van der Waals surface area (Å²) in [6.07, 6.45) is 1.78. The molecular weight excluding hydrogens is 264 g/mol. The van der Waals surface area contributed by atoms with Gasteiger partial charge in [-0.3, -0.25) is 4.79 Å². The molecular formula is C17H26N2O2. The molecule has 0 bridgehead atoms. The molecule has 4 heteroatoms. The first-order valence-electron chi connectivity index (χ1n) is 7.84. The van der Waals surface area contributed by atoms with Gasteiger partial charge in [-0.25, -0.2) is 0 Å². The Bertz CT molecular complexity index is 474. The van der Waals surface area contributed by atoms with Crippen LogP contribution in [0.3, 0.4) is 0 Å². The summed E-state index contributed by atoms with van der Waals surface area (Å²) in [5.41, 5.74) is 2.37. The zero-order valence-electron chi connectivity index (χ0n) is 13.2. The Morgan fingerprint density at radius 1 is 1.43 bits per heavy atom. The molecule has 0 aromatic heterocycles. The smallest absolute Gasteiger partial charge is 0.242 e. The Balaban J connectivity index is 1.94. The van der Waals surface area contributed by atoms with Gasteiger partial charge in [0.15, 0.2) is 0 Å². The Labute approximate surface area is 127 Å². The van der Waals surface area contributed by atoms with Crippen molar-refractivity contribution in [3.63, 3.8) is 0 Å². The van der Waals surface area contributed by atoms with Gasteiger partial charge in [-0.2, -0.15) is 0 Å². The van der Waals surface area contributed by atoms with Crippen molar-refractivity contribution in [2.24, 2.45) is 5.92 Å². The van der Waals surface area contributed by atoms with Crippen molar-refractivity contribution in [2.75, 3.05) is 18.5 Å². The maximum atomic E-state index is 12.5. The van der Waals surface area contributed by atoms with Crippen molar-refractivity contribution in [2.45, 2.75) is 45.7 Å². The molecule has 2 unspecified atom stereocenters. The largest absolute Gasteiger partial charge is 0.380 e. The molecule has 4 nitrogen and oxygen atoms in total. The lowest BCUT2D eigenvalue weighted by molar-refractivity contribution is -0.123. The molecule has 0 radical (unpaired) electrons. The molecule has 1 aromatic carbocycles. The number of aryl methyl sites for hydroxylation is 1. The van der Waals surface area contributed by atoms with Crippen LogP contribution in [0.25, 0.3) is 0 Å². The molecule has 1 amide bonds. The molecule has 0 saturated heterocycles. The molecule has 0 spiro atoms. The summed E-state index contributed by atoms with van der Waals surface area (Å²) in [6.45, 7) is 7.43. The van der Waals surface area contributed by atoms with E-state index >= 15 is 0 Å². The Hall–Kier alpha value is -1.55. The first kappa shape index (κ1) is 15.8. The van der Waals surface area contributed by atoms with E-state index in [1.54, 1.807) is 0 Å². The van der Waals surface area contributed by atoms with Crippen molar-refractivity contribution >= 4 is 11.6 Å². The molecule has 0 saturated carbocycles. The average molecular weight is 290 g/mol. The van der Waals surface area contributed by atoms with Crippen LogP contribution in [0.1, 0.15) is 32.8 Å². The highest BCUT2D eigenvalue weighted by atomic mass is 16.5. The number of anilines is 1. The van der Waals surface area contributed by atoms with Crippen molar-refractivity contribution < 1.29 is 9.53 Å². The van der Waals surface area contributed by atoms with Crippen LogP contribution in [0, 0.1) is 5.92 Å². The minimum atomic E-state index is -0.150. The monoisotopic (exact) mass is 290 g/mol. The standard InChI is InChI=1S/C17H26N2O2/c1-4-21-11-16(12(2)3)19-17(20)15-10-9-13-7-5-6-8-14(13)18-15/h5-8,12,15-16,18H,4,9-11H2,1-3H3,(H,19,20). The number of carbonyl (C=O) groups is 1. The molecule has 1 aromatic rings. The second-order valence-corrected chi connectivity index (χ2v) is 5.91. The average Bonchev–Trinajstić information content (AvgIpc) is 2.50. The van der Waals surface area contributed by atoms with Crippen LogP contribution in [-0.4, -0.2) is 31.2 Å². The van der Waals surface area contributed by atoms with Crippen LogP contribution in [-0.2, 0) is 16.0 Å². The summed E-state index contributed by atoms with van der Waals surface area (Å²) in [5, 5.41) is 6.47. The quantitative estimate of drug-likeness (QED) is 0.846. The van der Waals surface area contributed by atoms with Crippen LogP contribution >= 0.6 is 0 Å². The van der Waals surface area contributed by atoms with Gasteiger partial charge in [0.25, 0.3) is 0 Å². The van der Waals surface area contributed by atoms with Crippen LogP contribution in [0.4, 0.5) is 5.69 Å². The van der Waals surface area contributed by atoms with Crippen LogP contribution in [0.15, 0.2) is 24.3 Å². The fraction of sp³-hybridized carbons (Fsp3) is 0.588. The van der Waals surface area contributed by atoms with E-state index in [9.17, 15) is 4.79 Å². The molecule has 116 valence electrons. The van der Waals surface area contributed by atoms with Gasteiger partial charge in [0.1, 0.15) is 6.04 Å². The van der Waals surface area contributed by atoms with E-state index in [1.165, 1.54) is 5.56 Å². The molecule has 0 aliphatic carbocycles. The number of hydrogen-bond acceptors (Lipinski definition) is 3. The number of carbonyl (C=O) groups excluding carboxylic acids is 1. The minimum absolute atomic E-state index is 0.0661. The van der Waals surface area contributed by atoms with E-state index in [2.05, 4.69) is 30.5 Å². The number of amides is 1. The van der Waals surface area contributed by atoms with Gasteiger partial charge in [-0.1, -0.05) is 32.0 Å². The van der Waals surface area contributed by atoms with E-state index < -0.39 is 0 Å². The molecule has 2 N–H and O–H groups in total. The third kappa shape index (κ3) is 4.21. The number of nitrogens with one attached hydrogen (secondary N) is 2. The minimum Gasteiger partial charge on any atom is -0.380 e. The highest BCUT2D eigenvalue weighted by Crippen LogP contribution is 2.24. The van der Waals surface area contributed by atoms with Crippen molar-refractivity contribution in [1.29, 1.82) is 0 Å². The lowest BCUT2D eigenvalue weighted by Crippen LogP contribution is -2.49. The van der Waals surface area contributed by atoms with Crippen molar-refractivity contribution in [3.05, 3.63) is 29.8 Å². The van der Waals surface area contributed by atoms with Crippen molar-refractivity contribution in [1.82, 2.24) is 5.32 Å². The summed E-state index contributed by atoms with van der Waals surface area (Å²) in [7, 11) is 0. The highest BCUT2D eigenvalue weighted by Gasteiger charge is 2.26. The molecule has 21 heavy (non-hydrogen) atoms. The van der Waals surface area contributed by atoms with Crippen LogP contribution in [0.5, 0.6) is 0 Å². The SMILES string of the molecule is CCOCC(NC(=O)C1CCc2ccccc2N1)C(C)C. The van der Waals surface area contributed by atoms with Gasteiger partial charge in [-0.15, -0.1) is 0 Å². The topological polar surface area (TPSA) is 50.4 Å². The summed E-state index contributed by atoms with van der Waals surface area (Å²) < 4.78 is 5.47. The van der Waals surface area contributed by atoms with Crippen LogP contribution < -0.4 is 10.6 Å². The lowest BCUT2D eigenvalue weighted by Gasteiger charge is -2.29. The number of hydrogen-bond donors (Lipinski definition) is 2. The molecule has 1 aliphatic rings. The van der Waals surface area contributed by atoms with Gasteiger partial charge in [0.2, 0.25) is 5.91 Å². The number of fused-ring (bicyclic) bond motifs is 1. The summed E-state index contributed by atoms with van der Waals surface area (Å²) in [4.78, 5) is 12.5. The first-order chi connectivity index (χ1) is 10.1. The number of ether oxygens (including phenoxy) is 1. The van der Waals surface area contributed by atoms with Gasteiger partial charge < -0.3 is 15.4 Å². The Morgan fingerprint density at radius 2 is 2.19 bits per heavy atom. The zero-order chi connectivity index (χ0) is 15.2. The predicted molar refractivity (Wildman–Crippen MR) is 85.4 cm³/mol. The zero-order valence-corrected chi connectivity index (χ0v) is 13.2. The van der Waals surface area contributed by atoms with E-state index in [4.69, 9.17) is 4.74 Å². The Kier molecular flexibility index (Phi) is 5.62. The molecule has 1 aliphatic heterocycles. The van der Waals surface area contributed by atoms with Gasteiger partial charge in [0, 0.05) is 12.3 Å². The number of rotatable bonds is 6. The maximum Gasteiger partial charge on any atom is 0.242 e. The van der Waals surface area contributed by atoms with Gasteiger partial charge in [-0.05, 0) is 37.3 Å². The fourth-order valence-electron chi connectivity index (χ4n) is 2.56. The third-order valence-electron chi connectivity index (χ3n) is 4.00. The molecule has 2 rings (SSSR count). The van der Waals surface area contributed by atoms with Gasteiger partial charge in [0.05, 0.1) is 12.6 Å². The Morgan fingerprint density at radius 3 is 2.90 bits per heavy atom. The first-order valence-corrected chi connectivity index (χ1v) is 7.84. The lowest BCUT2D eigenvalue weighted by atomic mass is 9.97. The van der Waals surface area contributed by atoms with E-state index in [-0.39, 0.29) is 18.0 Å². The van der Waals surface area contributed by atoms with E-state index in [0.717, 1.165) is 18.5 Å². The second-order valence-electron chi connectivity index (χ2n) is 5.91. The van der Waals surface area contributed by atoms with E-state index in [1.807, 2.05) is 25.1 Å².